The number of carbonyl (C=O) groups is 1. The first kappa shape index (κ1) is 19.9. The Kier molecular flexibility index (Phi) is 6.05. The topological polar surface area (TPSA) is 92.7 Å². The van der Waals surface area contributed by atoms with Crippen molar-refractivity contribution in [3.8, 4) is 16.9 Å². The molecule has 0 fully saturated rings. The van der Waals surface area contributed by atoms with Gasteiger partial charge in [-0.2, -0.15) is 0 Å². The number of methoxy groups -OCH3 is 1. The molecule has 0 saturated carbocycles. The zero-order chi connectivity index (χ0) is 19.4. The van der Waals surface area contributed by atoms with Crippen LogP contribution in [0.5, 0.6) is 5.75 Å². The van der Waals surface area contributed by atoms with Crippen molar-refractivity contribution in [3.63, 3.8) is 0 Å². The Bertz CT molecular complexity index is 877. The van der Waals surface area contributed by atoms with Gasteiger partial charge in [-0.1, -0.05) is 36.4 Å². The van der Waals surface area contributed by atoms with Crippen LogP contribution in [0.25, 0.3) is 11.1 Å². The summed E-state index contributed by atoms with van der Waals surface area (Å²) in [6.45, 7) is 1.32. The van der Waals surface area contributed by atoms with Crippen LogP contribution in [0.15, 0.2) is 48.5 Å². The highest BCUT2D eigenvalue weighted by atomic mass is 32.2. The molecule has 0 aromatic heterocycles. The predicted molar refractivity (Wildman–Crippen MR) is 99.9 cm³/mol. The van der Waals surface area contributed by atoms with Crippen LogP contribution in [0.3, 0.4) is 0 Å². The lowest BCUT2D eigenvalue weighted by Gasteiger charge is -2.25. The molecule has 140 valence electrons. The Morgan fingerprint density at radius 3 is 2.35 bits per heavy atom. The molecule has 2 aromatic rings. The van der Waals surface area contributed by atoms with Crippen molar-refractivity contribution in [1.29, 1.82) is 0 Å². The molecule has 0 aliphatic heterocycles. The number of aryl methyl sites for hydroxylation is 1. The van der Waals surface area contributed by atoms with Crippen molar-refractivity contribution in [3.05, 3.63) is 54.1 Å². The van der Waals surface area contributed by atoms with Crippen LogP contribution in [0.2, 0.25) is 0 Å². The molecule has 2 rings (SSSR count). The Morgan fingerprint density at radius 1 is 1.15 bits per heavy atom. The van der Waals surface area contributed by atoms with E-state index in [0.717, 1.165) is 28.7 Å². The minimum absolute atomic E-state index is 0.0662. The molecule has 1 amide bonds. The van der Waals surface area contributed by atoms with Crippen LogP contribution in [0.4, 0.5) is 0 Å². The highest BCUT2D eigenvalue weighted by Gasteiger charge is 2.43. The lowest BCUT2D eigenvalue weighted by molar-refractivity contribution is -0.131. The number of sulfone groups is 1. The Hall–Kier alpha value is -2.38. The van der Waals surface area contributed by atoms with Crippen molar-refractivity contribution in [2.24, 2.45) is 0 Å². The fourth-order valence-electron chi connectivity index (χ4n) is 2.63. The Morgan fingerprint density at radius 2 is 1.81 bits per heavy atom. The first-order valence-electron chi connectivity index (χ1n) is 8.09. The maximum absolute atomic E-state index is 12.0. The van der Waals surface area contributed by atoms with E-state index in [1.807, 2.05) is 48.5 Å². The molecule has 0 saturated heterocycles. The molecule has 1 atom stereocenters. The summed E-state index contributed by atoms with van der Waals surface area (Å²) in [5, 5.41) is 8.86. The van der Waals surface area contributed by atoms with E-state index in [4.69, 9.17) is 9.94 Å². The highest BCUT2D eigenvalue weighted by Crippen LogP contribution is 2.26. The number of amides is 1. The lowest BCUT2D eigenvalue weighted by Crippen LogP contribution is -2.49. The van der Waals surface area contributed by atoms with Gasteiger partial charge in [-0.05, 0) is 48.6 Å². The van der Waals surface area contributed by atoms with Gasteiger partial charge in [0.05, 0.1) is 7.11 Å². The normalized spacial score (nSPS) is 13.7. The number of hydroxylamine groups is 1. The molecule has 6 nitrogen and oxygen atoms in total. The first-order valence-corrected chi connectivity index (χ1v) is 9.98. The van der Waals surface area contributed by atoms with Crippen LogP contribution in [0.1, 0.15) is 18.9 Å². The molecular formula is C19H23NO5S. The van der Waals surface area contributed by atoms with Crippen molar-refractivity contribution < 1.29 is 23.2 Å². The lowest BCUT2D eigenvalue weighted by atomic mass is 9.97. The average molecular weight is 377 g/mol. The number of hydrogen-bond donors (Lipinski definition) is 2. The summed E-state index contributed by atoms with van der Waals surface area (Å²) < 4.78 is 27.5. The average Bonchev–Trinajstić information content (AvgIpc) is 2.64. The molecule has 2 aromatic carbocycles. The van der Waals surface area contributed by atoms with E-state index in [1.54, 1.807) is 7.11 Å². The van der Waals surface area contributed by atoms with Crippen LogP contribution in [-0.4, -0.2) is 37.6 Å². The SMILES string of the molecule is COc1cccc(-c2ccc(CC[C@](C)(C(=O)NO)S(C)(=O)=O)cc2)c1. The van der Waals surface area contributed by atoms with E-state index in [9.17, 15) is 13.2 Å². The molecule has 0 unspecified atom stereocenters. The Balaban J connectivity index is 2.17. The van der Waals surface area contributed by atoms with Crippen molar-refractivity contribution >= 4 is 15.7 Å². The largest absolute Gasteiger partial charge is 0.497 e. The third-order valence-electron chi connectivity index (χ3n) is 4.65. The molecule has 0 aliphatic carbocycles. The van der Waals surface area contributed by atoms with E-state index in [2.05, 4.69) is 0 Å². The van der Waals surface area contributed by atoms with Gasteiger partial charge in [0.2, 0.25) is 0 Å². The van der Waals surface area contributed by atoms with E-state index in [1.165, 1.54) is 12.4 Å². The van der Waals surface area contributed by atoms with Crippen LogP contribution >= 0.6 is 0 Å². The molecule has 26 heavy (non-hydrogen) atoms. The summed E-state index contributed by atoms with van der Waals surface area (Å²) in [6.07, 6.45) is 1.44. The highest BCUT2D eigenvalue weighted by molar-refractivity contribution is 7.92. The van der Waals surface area contributed by atoms with Gasteiger partial charge < -0.3 is 4.74 Å². The molecular weight excluding hydrogens is 354 g/mol. The first-order chi connectivity index (χ1) is 12.2. The number of benzene rings is 2. The molecule has 0 spiro atoms. The Labute approximate surface area is 153 Å². The zero-order valence-electron chi connectivity index (χ0n) is 15.0. The third-order valence-corrected chi connectivity index (χ3v) is 6.67. The fourth-order valence-corrected chi connectivity index (χ4v) is 3.49. The molecule has 2 N–H and O–H groups in total. The second-order valence-corrected chi connectivity index (χ2v) is 8.82. The smallest absolute Gasteiger partial charge is 0.264 e. The number of nitrogens with one attached hydrogen (secondary N) is 1. The van der Waals surface area contributed by atoms with Gasteiger partial charge in [-0.25, -0.2) is 13.9 Å². The summed E-state index contributed by atoms with van der Waals surface area (Å²) in [7, 11) is -2.08. The van der Waals surface area contributed by atoms with Crippen LogP contribution in [-0.2, 0) is 21.1 Å². The molecule has 0 aliphatic rings. The van der Waals surface area contributed by atoms with Crippen molar-refractivity contribution in [1.82, 2.24) is 5.48 Å². The van der Waals surface area contributed by atoms with Gasteiger partial charge in [-0.15, -0.1) is 0 Å². The van der Waals surface area contributed by atoms with E-state index in [0.29, 0.717) is 6.42 Å². The van der Waals surface area contributed by atoms with Crippen LogP contribution in [0, 0.1) is 0 Å². The standard InChI is InChI=1S/C19H23NO5S/c1-19(18(21)20-22,26(3,23)24)12-11-14-7-9-15(10-8-14)16-5-4-6-17(13-16)25-2/h4-10,13,22H,11-12H2,1-3H3,(H,20,21)/t19-/m1/s1. The van der Waals surface area contributed by atoms with E-state index in [-0.39, 0.29) is 6.42 Å². The molecule has 0 radical (unpaired) electrons. The maximum Gasteiger partial charge on any atom is 0.264 e. The van der Waals surface area contributed by atoms with Crippen molar-refractivity contribution in [2.75, 3.05) is 13.4 Å². The predicted octanol–water partition coefficient (Wildman–Crippen LogP) is 2.60. The number of carbonyl (C=O) groups excluding carboxylic acids is 1. The summed E-state index contributed by atoms with van der Waals surface area (Å²) >= 11 is 0. The van der Waals surface area contributed by atoms with Gasteiger partial charge in [-0.3, -0.25) is 10.0 Å². The number of hydrogen-bond acceptors (Lipinski definition) is 5. The van der Waals surface area contributed by atoms with Crippen LogP contribution < -0.4 is 10.2 Å². The van der Waals surface area contributed by atoms with Crippen molar-refractivity contribution in [2.45, 2.75) is 24.5 Å². The minimum Gasteiger partial charge on any atom is -0.497 e. The van der Waals surface area contributed by atoms with Gasteiger partial charge in [0.1, 0.15) is 10.5 Å². The monoisotopic (exact) mass is 377 g/mol. The maximum atomic E-state index is 12.0. The molecule has 7 heteroatoms. The van der Waals surface area contributed by atoms with E-state index < -0.39 is 20.5 Å². The summed E-state index contributed by atoms with van der Waals surface area (Å²) in [4.78, 5) is 11.8. The van der Waals surface area contributed by atoms with Gasteiger partial charge in [0.15, 0.2) is 9.84 Å². The molecule has 0 heterocycles. The fraction of sp³-hybridized carbons (Fsp3) is 0.316. The number of rotatable bonds is 7. The zero-order valence-corrected chi connectivity index (χ0v) is 15.8. The van der Waals surface area contributed by atoms with Gasteiger partial charge in [0, 0.05) is 6.26 Å². The molecule has 0 bridgehead atoms. The quantitative estimate of drug-likeness (QED) is 0.571. The second-order valence-electron chi connectivity index (χ2n) is 6.37. The summed E-state index contributed by atoms with van der Waals surface area (Å²) in [6, 6.07) is 15.4. The summed E-state index contributed by atoms with van der Waals surface area (Å²) in [5.41, 5.74) is 4.38. The van der Waals surface area contributed by atoms with Gasteiger partial charge in [0.25, 0.3) is 5.91 Å². The number of ether oxygens (including phenoxy) is 1. The second kappa shape index (κ2) is 7.88. The van der Waals surface area contributed by atoms with E-state index >= 15 is 0 Å². The minimum atomic E-state index is -3.69. The third kappa shape index (κ3) is 4.23. The summed E-state index contributed by atoms with van der Waals surface area (Å²) in [5.74, 6) is -0.154. The van der Waals surface area contributed by atoms with Gasteiger partial charge >= 0.3 is 0 Å².